The van der Waals surface area contributed by atoms with Crippen molar-refractivity contribution in [2.24, 2.45) is 4.99 Å². The number of sulfone groups is 1. The minimum absolute atomic E-state index is 0. The van der Waals surface area contributed by atoms with Crippen molar-refractivity contribution < 1.29 is 8.42 Å². The maximum absolute atomic E-state index is 11.4. The van der Waals surface area contributed by atoms with Crippen molar-refractivity contribution in [2.45, 2.75) is 6.54 Å². The first kappa shape index (κ1) is 22.5. The zero-order chi connectivity index (χ0) is 17.6. The van der Waals surface area contributed by atoms with Gasteiger partial charge in [0.25, 0.3) is 0 Å². The lowest BCUT2D eigenvalue weighted by atomic mass is 10.2. The lowest BCUT2D eigenvalue weighted by Crippen LogP contribution is -2.46. The first-order chi connectivity index (χ1) is 11.4. The maximum Gasteiger partial charge on any atom is 0.193 e. The predicted molar refractivity (Wildman–Crippen MR) is 115 cm³/mol. The molecule has 0 atom stereocenters. The molecule has 2 rings (SSSR count). The summed E-state index contributed by atoms with van der Waals surface area (Å²) in [7, 11) is 0.925. The second-order valence-electron chi connectivity index (χ2n) is 5.95. The molecule has 0 unspecified atom stereocenters. The zero-order valence-corrected chi connectivity index (χ0v) is 18.5. The summed E-state index contributed by atoms with van der Waals surface area (Å²) in [5, 5.41) is 4.06. The van der Waals surface area contributed by atoms with E-state index in [0.29, 0.717) is 13.1 Å². The van der Waals surface area contributed by atoms with E-state index in [1.165, 1.54) is 0 Å². The van der Waals surface area contributed by atoms with Crippen molar-refractivity contribution in [2.75, 3.05) is 51.8 Å². The molecule has 0 aliphatic carbocycles. The Hall–Kier alpha value is -0.580. The van der Waals surface area contributed by atoms with Crippen molar-refractivity contribution in [1.82, 2.24) is 15.1 Å². The Kier molecular flexibility index (Phi) is 9.47. The molecule has 0 radical (unpaired) electrons. The minimum atomic E-state index is -2.82. The summed E-state index contributed by atoms with van der Waals surface area (Å²) in [6.07, 6.45) is 0. The molecule has 1 aliphatic rings. The van der Waals surface area contributed by atoms with Crippen LogP contribution < -0.4 is 5.32 Å². The number of nitrogens with zero attached hydrogens (tertiary/aromatic N) is 3. The van der Waals surface area contributed by atoms with E-state index in [-0.39, 0.29) is 35.5 Å². The summed E-state index contributed by atoms with van der Waals surface area (Å²) in [4.78, 5) is 8.51. The second kappa shape index (κ2) is 10.5. The molecule has 9 heteroatoms. The van der Waals surface area contributed by atoms with E-state index in [9.17, 15) is 8.42 Å². The lowest BCUT2D eigenvalue weighted by molar-refractivity contribution is 0.298. The van der Waals surface area contributed by atoms with Gasteiger partial charge in [-0.15, -0.1) is 24.0 Å². The summed E-state index contributed by atoms with van der Waals surface area (Å²) in [5.74, 6) is 1.34. The molecule has 0 spiro atoms. The number of halogens is 2. The Bertz CT molecular complexity index is 653. The Labute approximate surface area is 172 Å². The Morgan fingerprint density at radius 1 is 1.28 bits per heavy atom. The number of rotatable bonds is 5. The van der Waals surface area contributed by atoms with Crippen molar-refractivity contribution >= 4 is 51.4 Å². The van der Waals surface area contributed by atoms with Gasteiger partial charge in [-0.05, 0) is 17.7 Å². The molecule has 1 heterocycles. The van der Waals surface area contributed by atoms with Gasteiger partial charge in [0.1, 0.15) is 0 Å². The van der Waals surface area contributed by atoms with E-state index >= 15 is 0 Å². The van der Waals surface area contributed by atoms with Gasteiger partial charge < -0.3 is 10.2 Å². The van der Waals surface area contributed by atoms with Gasteiger partial charge in [0.2, 0.25) is 0 Å². The van der Waals surface area contributed by atoms with Crippen LogP contribution in [0.5, 0.6) is 0 Å². The molecule has 1 N–H and O–H groups in total. The molecule has 142 valence electrons. The van der Waals surface area contributed by atoms with Crippen LogP contribution in [0.25, 0.3) is 0 Å². The van der Waals surface area contributed by atoms with Crippen molar-refractivity contribution in [3.05, 3.63) is 34.9 Å². The van der Waals surface area contributed by atoms with Crippen LogP contribution in [-0.4, -0.2) is 76.0 Å². The van der Waals surface area contributed by atoms with Gasteiger partial charge in [-0.1, -0.05) is 23.7 Å². The van der Waals surface area contributed by atoms with Gasteiger partial charge in [-0.3, -0.25) is 9.89 Å². The van der Waals surface area contributed by atoms with Crippen LogP contribution in [0.1, 0.15) is 5.56 Å². The summed E-state index contributed by atoms with van der Waals surface area (Å²) >= 11 is 5.91. The van der Waals surface area contributed by atoms with Crippen molar-refractivity contribution in [3.8, 4) is 0 Å². The SMILES string of the molecule is CN=C(NCCN1CCS(=O)(=O)CC1)N(C)Cc1ccc(Cl)cc1.I. The fourth-order valence-corrected chi connectivity index (χ4v) is 4.03. The Morgan fingerprint density at radius 2 is 1.88 bits per heavy atom. The van der Waals surface area contributed by atoms with Gasteiger partial charge in [0.05, 0.1) is 11.5 Å². The maximum atomic E-state index is 11.4. The smallest absolute Gasteiger partial charge is 0.193 e. The van der Waals surface area contributed by atoms with Gasteiger partial charge in [-0.2, -0.15) is 0 Å². The summed E-state index contributed by atoms with van der Waals surface area (Å²) in [6.45, 7) is 3.51. The van der Waals surface area contributed by atoms with Gasteiger partial charge in [-0.25, -0.2) is 8.42 Å². The molecule has 1 aromatic carbocycles. The van der Waals surface area contributed by atoms with Crippen molar-refractivity contribution in [3.63, 3.8) is 0 Å². The molecular formula is C16H26ClIN4O2S. The van der Waals surface area contributed by atoms with Crippen molar-refractivity contribution in [1.29, 1.82) is 0 Å². The highest BCUT2D eigenvalue weighted by molar-refractivity contribution is 14.0. The Morgan fingerprint density at radius 3 is 2.44 bits per heavy atom. The third kappa shape index (κ3) is 7.67. The summed E-state index contributed by atoms with van der Waals surface area (Å²) in [5.41, 5.74) is 1.16. The van der Waals surface area contributed by atoms with E-state index in [1.54, 1.807) is 7.05 Å². The summed E-state index contributed by atoms with van der Waals surface area (Å²) in [6, 6.07) is 7.76. The molecule has 0 saturated carbocycles. The van der Waals surface area contributed by atoms with E-state index < -0.39 is 9.84 Å². The monoisotopic (exact) mass is 500 g/mol. The number of benzene rings is 1. The van der Waals surface area contributed by atoms with Gasteiger partial charge in [0.15, 0.2) is 15.8 Å². The molecule has 1 saturated heterocycles. The number of hydrogen-bond acceptors (Lipinski definition) is 4. The van der Waals surface area contributed by atoms with Crippen LogP contribution in [0, 0.1) is 0 Å². The molecule has 0 aromatic heterocycles. The first-order valence-electron chi connectivity index (χ1n) is 7.98. The highest BCUT2D eigenvalue weighted by Gasteiger charge is 2.21. The standard InChI is InChI=1S/C16H25ClN4O2S.HI/c1-18-16(20(2)13-14-3-5-15(17)6-4-14)19-7-8-21-9-11-24(22,23)12-10-21;/h3-6H,7-13H2,1-2H3,(H,18,19);1H. The van der Waals surface area contributed by atoms with Crippen LogP contribution >= 0.6 is 35.6 Å². The normalized spacial score (nSPS) is 17.6. The second-order valence-corrected chi connectivity index (χ2v) is 8.69. The number of nitrogens with one attached hydrogen (secondary N) is 1. The largest absolute Gasteiger partial charge is 0.355 e. The number of aliphatic imine (C=N–C) groups is 1. The van der Waals surface area contributed by atoms with Crippen LogP contribution in [0.15, 0.2) is 29.3 Å². The molecule has 0 amide bonds. The quantitative estimate of drug-likeness (QED) is 0.379. The molecular weight excluding hydrogens is 475 g/mol. The topological polar surface area (TPSA) is 65.0 Å². The fraction of sp³-hybridized carbons (Fsp3) is 0.562. The van der Waals surface area contributed by atoms with Crippen LogP contribution in [0.4, 0.5) is 0 Å². The predicted octanol–water partition coefficient (Wildman–Crippen LogP) is 1.70. The highest BCUT2D eigenvalue weighted by Crippen LogP contribution is 2.11. The number of guanidine groups is 1. The van der Waals surface area contributed by atoms with E-state index in [1.807, 2.05) is 36.2 Å². The Balaban J connectivity index is 0.00000312. The van der Waals surface area contributed by atoms with Crippen LogP contribution in [0.3, 0.4) is 0 Å². The van der Waals surface area contributed by atoms with Gasteiger partial charge in [0, 0.05) is 51.8 Å². The average Bonchev–Trinajstić information content (AvgIpc) is 2.55. The van der Waals surface area contributed by atoms with Crippen LogP contribution in [-0.2, 0) is 16.4 Å². The molecule has 25 heavy (non-hydrogen) atoms. The van der Waals surface area contributed by atoms with E-state index in [0.717, 1.165) is 36.2 Å². The molecule has 1 fully saturated rings. The lowest BCUT2D eigenvalue weighted by Gasteiger charge is -2.28. The fourth-order valence-electron chi connectivity index (χ4n) is 2.62. The third-order valence-corrected chi connectivity index (χ3v) is 5.92. The minimum Gasteiger partial charge on any atom is -0.355 e. The number of hydrogen-bond donors (Lipinski definition) is 1. The highest BCUT2D eigenvalue weighted by atomic mass is 127. The third-order valence-electron chi connectivity index (χ3n) is 4.05. The molecule has 1 aromatic rings. The molecule has 0 bridgehead atoms. The zero-order valence-electron chi connectivity index (χ0n) is 14.6. The molecule has 6 nitrogen and oxygen atoms in total. The van der Waals surface area contributed by atoms with E-state index in [4.69, 9.17) is 11.6 Å². The van der Waals surface area contributed by atoms with E-state index in [2.05, 4.69) is 15.2 Å². The van der Waals surface area contributed by atoms with Gasteiger partial charge >= 0.3 is 0 Å². The molecule has 1 aliphatic heterocycles. The van der Waals surface area contributed by atoms with Crippen LogP contribution in [0.2, 0.25) is 5.02 Å². The first-order valence-corrected chi connectivity index (χ1v) is 10.2. The summed E-state index contributed by atoms with van der Waals surface area (Å²) < 4.78 is 22.9. The average molecular weight is 501 g/mol.